The third kappa shape index (κ3) is 3.70. The molecule has 0 spiro atoms. The molecule has 0 heterocycles. The van der Waals surface area contributed by atoms with E-state index in [1.165, 1.54) is 18.2 Å². The van der Waals surface area contributed by atoms with Gasteiger partial charge in [-0.25, -0.2) is 0 Å². The van der Waals surface area contributed by atoms with Crippen molar-refractivity contribution >= 4 is 23.2 Å². The van der Waals surface area contributed by atoms with Crippen molar-refractivity contribution in [3.63, 3.8) is 0 Å². The van der Waals surface area contributed by atoms with E-state index in [-0.39, 0.29) is 17.7 Å². The Morgan fingerprint density at radius 3 is 2.52 bits per heavy atom. The third-order valence-corrected chi connectivity index (χ3v) is 3.33. The molecule has 2 aromatic carbocycles. The van der Waals surface area contributed by atoms with Crippen LogP contribution in [0.2, 0.25) is 0 Å². The first kappa shape index (κ1) is 16.2. The minimum atomic E-state index is -0.649. The first-order valence-electron chi connectivity index (χ1n) is 6.81. The number of anilines is 1. The zero-order chi connectivity index (χ0) is 17.0. The smallest absolute Gasteiger partial charge is 0.273 e. The number of nitro groups is 1. The highest BCUT2D eigenvalue weighted by molar-refractivity contribution is 6.04. The number of nitrogens with one attached hydrogen (secondary N) is 1. The average molecular weight is 313 g/mol. The Morgan fingerprint density at radius 1 is 1.17 bits per heavy atom. The molecule has 7 nitrogen and oxygen atoms in total. The topological polar surface area (TPSA) is 115 Å². The largest absolute Gasteiger partial charge is 0.366 e. The summed E-state index contributed by atoms with van der Waals surface area (Å²) in [6.45, 7) is 1.71. The number of hydrogen-bond acceptors (Lipinski definition) is 4. The maximum atomic E-state index is 12.2. The number of benzene rings is 2. The van der Waals surface area contributed by atoms with Gasteiger partial charge < -0.3 is 11.1 Å². The zero-order valence-corrected chi connectivity index (χ0v) is 12.4. The van der Waals surface area contributed by atoms with Crippen molar-refractivity contribution in [3.05, 3.63) is 69.3 Å². The van der Waals surface area contributed by atoms with Crippen LogP contribution in [0.5, 0.6) is 0 Å². The highest BCUT2D eigenvalue weighted by Gasteiger charge is 2.17. The lowest BCUT2D eigenvalue weighted by molar-refractivity contribution is -0.385. The Kier molecular flexibility index (Phi) is 4.70. The van der Waals surface area contributed by atoms with Gasteiger partial charge in [-0.15, -0.1) is 0 Å². The summed E-state index contributed by atoms with van der Waals surface area (Å²) in [5.74, 6) is -1.11. The van der Waals surface area contributed by atoms with E-state index < -0.39 is 16.7 Å². The van der Waals surface area contributed by atoms with Gasteiger partial charge >= 0.3 is 0 Å². The van der Waals surface area contributed by atoms with E-state index >= 15 is 0 Å². The van der Waals surface area contributed by atoms with Gasteiger partial charge in [0.15, 0.2) is 0 Å². The molecule has 2 amide bonds. The van der Waals surface area contributed by atoms with E-state index in [0.717, 1.165) is 0 Å². The normalized spacial score (nSPS) is 10.1. The quantitative estimate of drug-likeness (QED) is 0.650. The number of para-hydroxylation sites is 1. The van der Waals surface area contributed by atoms with Crippen LogP contribution in [0.1, 0.15) is 21.5 Å². The summed E-state index contributed by atoms with van der Waals surface area (Å²) in [5.41, 5.74) is 6.66. The Bertz CT molecular complexity index is 787. The molecular weight excluding hydrogens is 298 g/mol. The van der Waals surface area contributed by atoms with Crippen molar-refractivity contribution in [3.8, 4) is 0 Å². The zero-order valence-electron chi connectivity index (χ0n) is 12.4. The van der Waals surface area contributed by atoms with E-state index in [2.05, 4.69) is 5.32 Å². The minimum absolute atomic E-state index is 0.123. The van der Waals surface area contributed by atoms with Gasteiger partial charge in [0.2, 0.25) is 5.91 Å². The molecule has 0 fully saturated rings. The first-order valence-corrected chi connectivity index (χ1v) is 6.81. The summed E-state index contributed by atoms with van der Waals surface area (Å²) in [5, 5.41) is 13.5. The number of nitro benzene ring substituents is 1. The van der Waals surface area contributed by atoms with E-state index in [1.807, 2.05) is 0 Å². The lowest BCUT2D eigenvalue weighted by Crippen LogP contribution is -2.20. The van der Waals surface area contributed by atoms with Crippen molar-refractivity contribution in [2.24, 2.45) is 5.73 Å². The molecule has 118 valence electrons. The molecule has 0 saturated carbocycles. The van der Waals surface area contributed by atoms with Crippen LogP contribution in [-0.4, -0.2) is 16.7 Å². The molecule has 0 radical (unpaired) electrons. The molecule has 7 heteroatoms. The highest BCUT2D eigenvalue weighted by Crippen LogP contribution is 2.21. The molecule has 0 aliphatic carbocycles. The van der Waals surface area contributed by atoms with Gasteiger partial charge in [0.25, 0.3) is 11.6 Å². The standard InChI is InChI=1S/C16H15N3O4/c1-10-5-4-7-12(15(10)16(17)21)18-14(20)9-11-6-2-3-8-13(11)19(22)23/h2-8H,9H2,1H3,(H2,17,21)(H,18,20). The van der Waals surface area contributed by atoms with Crippen molar-refractivity contribution < 1.29 is 14.5 Å². The second kappa shape index (κ2) is 6.69. The van der Waals surface area contributed by atoms with E-state index in [1.54, 1.807) is 31.2 Å². The van der Waals surface area contributed by atoms with Gasteiger partial charge in [0.1, 0.15) is 0 Å². The summed E-state index contributed by atoms with van der Waals surface area (Å²) < 4.78 is 0. The number of nitrogens with two attached hydrogens (primary N) is 1. The molecule has 3 N–H and O–H groups in total. The Morgan fingerprint density at radius 2 is 1.87 bits per heavy atom. The number of amides is 2. The number of carbonyl (C=O) groups excluding carboxylic acids is 2. The summed E-state index contributed by atoms with van der Waals surface area (Å²) in [6.07, 6.45) is -0.177. The number of nitrogens with zero attached hydrogens (tertiary/aromatic N) is 1. The molecule has 0 aliphatic rings. The second-order valence-electron chi connectivity index (χ2n) is 4.97. The predicted octanol–water partition coefficient (Wildman–Crippen LogP) is 2.18. The lowest BCUT2D eigenvalue weighted by Gasteiger charge is -2.11. The Balaban J connectivity index is 2.23. The maximum absolute atomic E-state index is 12.2. The van der Waals surface area contributed by atoms with Gasteiger partial charge in [0, 0.05) is 11.6 Å². The maximum Gasteiger partial charge on any atom is 0.273 e. The number of primary amides is 1. The number of rotatable bonds is 5. The summed E-state index contributed by atoms with van der Waals surface area (Å²) in [4.78, 5) is 34.1. The molecule has 0 aromatic heterocycles. The minimum Gasteiger partial charge on any atom is -0.366 e. The Hall–Kier alpha value is -3.22. The molecular formula is C16H15N3O4. The molecule has 0 atom stereocenters. The predicted molar refractivity (Wildman–Crippen MR) is 85.1 cm³/mol. The highest BCUT2D eigenvalue weighted by atomic mass is 16.6. The summed E-state index contributed by atoms with van der Waals surface area (Å²) in [6, 6.07) is 11.0. The molecule has 0 saturated heterocycles. The van der Waals surface area contributed by atoms with Gasteiger partial charge in [-0.2, -0.15) is 0 Å². The van der Waals surface area contributed by atoms with Crippen molar-refractivity contribution in [2.45, 2.75) is 13.3 Å². The third-order valence-electron chi connectivity index (χ3n) is 3.33. The van der Waals surface area contributed by atoms with Crippen LogP contribution in [0.4, 0.5) is 11.4 Å². The lowest BCUT2D eigenvalue weighted by atomic mass is 10.1. The van der Waals surface area contributed by atoms with E-state index in [9.17, 15) is 19.7 Å². The van der Waals surface area contributed by atoms with Crippen LogP contribution in [-0.2, 0) is 11.2 Å². The number of aryl methyl sites for hydroxylation is 1. The van der Waals surface area contributed by atoms with Gasteiger partial charge in [-0.3, -0.25) is 19.7 Å². The molecule has 0 aliphatic heterocycles. The first-order chi connectivity index (χ1) is 10.9. The van der Waals surface area contributed by atoms with Gasteiger partial charge in [0.05, 0.1) is 22.6 Å². The fraction of sp³-hybridized carbons (Fsp3) is 0.125. The van der Waals surface area contributed by atoms with Crippen molar-refractivity contribution in [2.75, 3.05) is 5.32 Å². The summed E-state index contributed by atoms with van der Waals surface area (Å²) in [7, 11) is 0. The molecule has 0 unspecified atom stereocenters. The Labute approximate surface area is 132 Å². The van der Waals surface area contributed by atoms with Crippen LogP contribution in [0.15, 0.2) is 42.5 Å². The monoisotopic (exact) mass is 313 g/mol. The second-order valence-corrected chi connectivity index (χ2v) is 4.97. The molecule has 2 rings (SSSR count). The van der Waals surface area contributed by atoms with Crippen molar-refractivity contribution in [1.82, 2.24) is 0 Å². The van der Waals surface area contributed by atoms with Gasteiger partial charge in [-0.05, 0) is 18.6 Å². The average Bonchev–Trinajstić information content (AvgIpc) is 2.47. The number of carbonyl (C=O) groups is 2. The molecule has 0 bridgehead atoms. The van der Waals surface area contributed by atoms with Crippen LogP contribution in [0.3, 0.4) is 0 Å². The fourth-order valence-electron chi connectivity index (χ4n) is 2.30. The molecule has 23 heavy (non-hydrogen) atoms. The molecule has 2 aromatic rings. The number of hydrogen-bond donors (Lipinski definition) is 2. The van der Waals surface area contributed by atoms with Crippen LogP contribution < -0.4 is 11.1 Å². The van der Waals surface area contributed by atoms with Gasteiger partial charge in [-0.1, -0.05) is 30.3 Å². The van der Waals surface area contributed by atoms with E-state index in [0.29, 0.717) is 16.8 Å². The SMILES string of the molecule is Cc1cccc(NC(=O)Cc2ccccc2[N+](=O)[O-])c1C(N)=O. The fourth-order valence-corrected chi connectivity index (χ4v) is 2.30. The van der Waals surface area contributed by atoms with Crippen LogP contribution in [0.25, 0.3) is 0 Å². The van der Waals surface area contributed by atoms with Crippen LogP contribution in [0, 0.1) is 17.0 Å². The summed E-state index contributed by atoms with van der Waals surface area (Å²) >= 11 is 0. The van der Waals surface area contributed by atoms with Crippen LogP contribution >= 0.6 is 0 Å². The van der Waals surface area contributed by atoms with E-state index in [4.69, 9.17) is 5.73 Å². The van der Waals surface area contributed by atoms with Crippen molar-refractivity contribution in [1.29, 1.82) is 0 Å².